The molecule has 0 aliphatic carbocycles. The summed E-state index contributed by atoms with van der Waals surface area (Å²) in [6.45, 7) is 3.97. The summed E-state index contributed by atoms with van der Waals surface area (Å²) in [7, 11) is 0. The van der Waals surface area contributed by atoms with E-state index >= 15 is 0 Å². The smallest absolute Gasteiger partial charge is 0.409 e. The first-order valence-electron chi connectivity index (χ1n) is 6.79. The number of carbonyl (C=O) groups is 1. The number of carbonyl (C=O) groups excluding carboxylic acids is 1. The quantitative estimate of drug-likeness (QED) is 0.776. The molecule has 112 valence electrons. The highest BCUT2D eigenvalue weighted by Crippen LogP contribution is 2.38. The number of hydrogen-bond donors (Lipinski definition) is 0. The maximum Gasteiger partial charge on any atom is 0.422 e. The Morgan fingerprint density at radius 3 is 2.68 bits per heavy atom. The molecule has 0 radical (unpaired) electrons. The zero-order valence-electron chi connectivity index (χ0n) is 11.7. The lowest BCUT2D eigenvalue weighted by Crippen LogP contribution is -2.42. The molecule has 1 aliphatic rings. The Bertz CT molecular complexity index is 699. The number of para-hydroxylation sites is 1. The SMILES string of the molecule is C=CCOC1c2ccccc2OC(=O)N1c1ccc(Cl)cc1. The third-order valence-electron chi connectivity index (χ3n) is 3.29. The van der Waals surface area contributed by atoms with Gasteiger partial charge in [0.2, 0.25) is 0 Å². The van der Waals surface area contributed by atoms with Gasteiger partial charge in [0.1, 0.15) is 5.75 Å². The van der Waals surface area contributed by atoms with Crippen molar-refractivity contribution in [3.8, 4) is 5.75 Å². The van der Waals surface area contributed by atoms with Crippen LogP contribution >= 0.6 is 11.6 Å². The summed E-state index contributed by atoms with van der Waals surface area (Å²) in [6.07, 6.45) is 0.578. The topological polar surface area (TPSA) is 38.8 Å². The molecule has 1 atom stereocenters. The molecule has 0 aromatic heterocycles. The van der Waals surface area contributed by atoms with E-state index in [-0.39, 0.29) is 0 Å². The van der Waals surface area contributed by atoms with Crippen LogP contribution in [0, 0.1) is 0 Å². The molecule has 0 N–H and O–H groups in total. The third-order valence-corrected chi connectivity index (χ3v) is 3.54. The molecule has 2 aromatic carbocycles. The minimum Gasteiger partial charge on any atom is -0.409 e. The summed E-state index contributed by atoms with van der Waals surface area (Å²) < 4.78 is 11.2. The molecule has 22 heavy (non-hydrogen) atoms. The average Bonchev–Trinajstić information content (AvgIpc) is 2.53. The average molecular weight is 316 g/mol. The van der Waals surface area contributed by atoms with Crippen LogP contribution in [0.2, 0.25) is 5.02 Å². The number of amides is 1. The minimum atomic E-state index is -0.573. The Morgan fingerprint density at radius 2 is 1.95 bits per heavy atom. The van der Waals surface area contributed by atoms with Crippen LogP contribution in [0.25, 0.3) is 0 Å². The van der Waals surface area contributed by atoms with Crippen molar-refractivity contribution in [2.24, 2.45) is 0 Å². The van der Waals surface area contributed by atoms with Gasteiger partial charge in [0.05, 0.1) is 12.3 Å². The van der Waals surface area contributed by atoms with Crippen molar-refractivity contribution in [2.75, 3.05) is 11.5 Å². The second-order valence-corrected chi connectivity index (χ2v) is 5.16. The van der Waals surface area contributed by atoms with E-state index in [4.69, 9.17) is 21.1 Å². The lowest BCUT2D eigenvalue weighted by atomic mass is 10.1. The molecule has 0 saturated carbocycles. The molecule has 3 rings (SSSR count). The van der Waals surface area contributed by atoms with Crippen molar-refractivity contribution in [2.45, 2.75) is 6.23 Å². The van der Waals surface area contributed by atoms with Crippen LogP contribution in [0.4, 0.5) is 10.5 Å². The molecule has 0 saturated heterocycles. The van der Waals surface area contributed by atoms with Crippen molar-refractivity contribution in [3.05, 3.63) is 71.8 Å². The maximum atomic E-state index is 12.4. The van der Waals surface area contributed by atoms with Crippen LogP contribution in [0.15, 0.2) is 61.2 Å². The summed E-state index contributed by atoms with van der Waals surface area (Å²) in [5, 5.41) is 0.595. The molecule has 5 heteroatoms. The molecule has 4 nitrogen and oxygen atoms in total. The molecule has 1 aliphatic heterocycles. The predicted octanol–water partition coefficient (Wildman–Crippen LogP) is 4.56. The first kappa shape index (κ1) is 14.6. The Labute approximate surface area is 133 Å². The third kappa shape index (κ3) is 2.71. The second-order valence-electron chi connectivity index (χ2n) is 4.73. The van der Waals surface area contributed by atoms with E-state index in [1.807, 2.05) is 18.2 Å². The standard InChI is InChI=1S/C17H14ClNO3/c1-2-11-21-16-14-5-3-4-6-15(14)22-17(20)19(16)13-9-7-12(18)8-10-13/h2-10,16H,1,11H2. The van der Waals surface area contributed by atoms with Gasteiger partial charge in [-0.05, 0) is 30.3 Å². The molecule has 1 amide bonds. The fourth-order valence-electron chi connectivity index (χ4n) is 2.32. The molecular weight excluding hydrogens is 302 g/mol. The summed E-state index contributed by atoms with van der Waals surface area (Å²) >= 11 is 5.91. The van der Waals surface area contributed by atoms with E-state index in [1.165, 1.54) is 4.90 Å². The number of benzene rings is 2. The van der Waals surface area contributed by atoms with Crippen LogP contribution < -0.4 is 9.64 Å². The summed E-state index contributed by atoms with van der Waals surface area (Å²) in [5.74, 6) is 0.506. The highest BCUT2D eigenvalue weighted by Gasteiger charge is 2.35. The number of ether oxygens (including phenoxy) is 2. The molecule has 1 unspecified atom stereocenters. The van der Waals surface area contributed by atoms with E-state index in [1.54, 1.807) is 36.4 Å². The van der Waals surface area contributed by atoms with Gasteiger partial charge in [-0.3, -0.25) is 0 Å². The van der Waals surface area contributed by atoms with Crippen molar-refractivity contribution in [1.29, 1.82) is 0 Å². The van der Waals surface area contributed by atoms with E-state index < -0.39 is 12.3 Å². The first-order valence-corrected chi connectivity index (χ1v) is 7.16. The zero-order valence-corrected chi connectivity index (χ0v) is 12.5. The normalized spacial score (nSPS) is 16.9. The molecular formula is C17H14ClNO3. The van der Waals surface area contributed by atoms with Crippen LogP contribution in [-0.4, -0.2) is 12.7 Å². The van der Waals surface area contributed by atoms with Gasteiger partial charge in [0.25, 0.3) is 0 Å². The van der Waals surface area contributed by atoms with Crippen LogP contribution in [-0.2, 0) is 4.74 Å². The van der Waals surface area contributed by atoms with Crippen molar-refractivity contribution in [1.82, 2.24) is 0 Å². The van der Waals surface area contributed by atoms with Crippen molar-refractivity contribution >= 4 is 23.4 Å². The van der Waals surface area contributed by atoms with E-state index in [2.05, 4.69) is 6.58 Å². The Kier molecular flexibility index (Phi) is 4.13. The fourth-order valence-corrected chi connectivity index (χ4v) is 2.45. The number of fused-ring (bicyclic) bond motifs is 1. The van der Waals surface area contributed by atoms with Crippen molar-refractivity contribution < 1.29 is 14.3 Å². The van der Waals surface area contributed by atoms with Gasteiger partial charge in [0.15, 0.2) is 6.23 Å². The van der Waals surface area contributed by atoms with Gasteiger partial charge in [-0.15, -0.1) is 6.58 Å². The minimum absolute atomic E-state index is 0.316. The van der Waals surface area contributed by atoms with E-state index in [0.717, 1.165) is 5.56 Å². The van der Waals surface area contributed by atoms with E-state index in [0.29, 0.717) is 23.1 Å². The highest BCUT2D eigenvalue weighted by atomic mass is 35.5. The first-order chi connectivity index (χ1) is 10.7. The summed E-state index contributed by atoms with van der Waals surface area (Å²) in [6, 6.07) is 14.3. The number of halogens is 1. The number of anilines is 1. The molecule has 2 aromatic rings. The lowest BCUT2D eigenvalue weighted by Gasteiger charge is -2.35. The number of rotatable bonds is 4. The van der Waals surface area contributed by atoms with Crippen LogP contribution in [0.3, 0.4) is 0 Å². The van der Waals surface area contributed by atoms with Gasteiger partial charge >= 0.3 is 6.09 Å². The molecule has 0 bridgehead atoms. The second kappa shape index (κ2) is 6.22. The summed E-state index contributed by atoms with van der Waals surface area (Å²) in [4.78, 5) is 13.8. The van der Waals surface area contributed by atoms with Crippen LogP contribution in [0.5, 0.6) is 5.75 Å². The highest BCUT2D eigenvalue weighted by molar-refractivity contribution is 6.30. The van der Waals surface area contributed by atoms with Gasteiger partial charge in [0, 0.05) is 10.6 Å². The fraction of sp³-hybridized carbons (Fsp3) is 0.118. The molecule has 1 heterocycles. The summed E-state index contributed by atoms with van der Waals surface area (Å²) in [5.41, 5.74) is 1.44. The predicted molar refractivity (Wildman–Crippen MR) is 85.3 cm³/mol. The Morgan fingerprint density at radius 1 is 1.23 bits per heavy atom. The van der Waals surface area contributed by atoms with Gasteiger partial charge < -0.3 is 9.47 Å². The lowest BCUT2D eigenvalue weighted by molar-refractivity contribution is 0.0611. The van der Waals surface area contributed by atoms with E-state index in [9.17, 15) is 4.79 Å². The molecule has 0 spiro atoms. The Hall–Kier alpha value is -2.30. The van der Waals surface area contributed by atoms with Gasteiger partial charge in [-0.2, -0.15) is 0 Å². The number of nitrogens with zero attached hydrogens (tertiary/aromatic N) is 1. The van der Waals surface area contributed by atoms with Crippen LogP contribution in [0.1, 0.15) is 11.8 Å². The Balaban J connectivity index is 2.04. The maximum absolute atomic E-state index is 12.4. The zero-order chi connectivity index (χ0) is 15.5. The van der Waals surface area contributed by atoms with Gasteiger partial charge in [-0.1, -0.05) is 35.9 Å². The number of hydrogen-bond acceptors (Lipinski definition) is 3. The largest absolute Gasteiger partial charge is 0.422 e. The van der Waals surface area contributed by atoms with Gasteiger partial charge in [-0.25, -0.2) is 9.69 Å². The molecule has 0 fully saturated rings. The van der Waals surface area contributed by atoms with Crippen molar-refractivity contribution in [3.63, 3.8) is 0 Å². The monoisotopic (exact) mass is 315 g/mol.